The minimum atomic E-state index is -0.391. The van der Waals surface area contributed by atoms with E-state index in [2.05, 4.69) is 11.9 Å². The van der Waals surface area contributed by atoms with E-state index in [1.807, 2.05) is 24.3 Å². The zero-order chi connectivity index (χ0) is 24.1. The minimum absolute atomic E-state index is 0.287. The number of benzene rings is 3. The molecule has 0 spiro atoms. The highest BCUT2D eigenvalue weighted by atomic mass is 32.2. The van der Waals surface area contributed by atoms with Gasteiger partial charge in [0.1, 0.15) is 18.2 Å². The Labute approximate surface area is 205 Å². The Bertz CT molecular complexity index is 1310. The van der Waals surface area contributed by atoms with Crippen LogP contribution in [0.5, 0.6) is 5.75 Å². The molecule has 1 N–H and O–H groups in total. The quantitative estimate of drug-likeness (QED) is 0.248. The lowest BCUT2D eigenvalue weighted by Gasteiger charge is -2.15. The van der Waals surface area contributed by atoms with Crippen LogP contribution in [0.1, 0.15) is 15.9 Å². The van der Waals surface area contributed by atoms with Gasteiger partial charge < -0.3 is 10.1 Å². The molecule has 1 heterocycles. The van der Waals surface area contributed by atoms with Crippen molar-refractivity contribution < 1.29 is 18.7 Å². The third-order valence-corrected chi connectivity index (χ3v) is 6.13. The molecule has 0 atom stereocenters. The second-order valence-corrected chi connectivity index (χ2v) is 8.84. The summed E-state index contributed by atoms with van der Waals surface area (Å²) in [7, 11) is 0. The van der Waals surface area contributed by atoms with Gasteiger partial charge in [-0.15, -0.1) is 0 Å². The molecule has 34 heavy (non-hydrogen) atoms. The summed E-state index contributed by atoms with van der Waals surface area (Å²) in [6, 6.07) is 19.5. The summed E-state index contributed by atoms with van der Waals surface area (Å²) in [6.07, 6.45) is 3.39. The van der Waals surface area contributed by atoms with Crippen LogP contribution >= 0.6 is 24.0 Å². The monoisotopic (exact) mass is 490 g/mol. The maximum Gasteiger partial charge on any atom is 0.270 e. The zero-order valence-corrected chi connectivity index (χ0v) is 19.5. The van der Waals surface area contributed by atoms with Crippen molar-refractivity contribution in [2.45, 2.75) is 0 Å². The van der Waals surface area contributed by atoms with E-state index in [0.717, 1.165) is 5.56 Å². The van der Waals surface area contributed by atoms with Crippen LogP contribution < -0.4 is 15.0 Å². The number of nitrogens with one attached hydrogen (secondary N) is 1. The molecule has 4 rings (SSSR count). The molecule has 8 heteroatoms. The van der Waals surface area contributed by atoms with Crippen LogP contribution in [0, 0.1) is 5.82 Å². The van der Waals surface area contributed by atoms with Crippen molar-refractivity contribution in [3.63, 3.8) is 0 Å². The minimum Gasteiger partial charge on any atom is -0.489 e. The first-order valence-corrected chi connectivity index (χ1v) is 11.5. The van der Waals surface area contributed by atoms with E-state index < -0.39 is 5.82 Å². The molecule has 1 aliphatic heterocycles. The average Bonchev–Trinajstić information content (AvgIpc) is 3.12. The molecule has 1 fully saturated rings. The van der Waals surface area contributed by atoms with Gasteiger partial charge in [-0.1, -0.05) is 60.9 Å². The van der Waals surface area contributed by atoms with Crippen molar-refractivity contribution in [2.24, 2.45) is 0 Å². The number of hydrogen-bond acceptors (Lipinski definition) is 5. The lowest BCUT2D eigenvalue weighted by molar-refractivity contribution is -0.113. The fourth-order valence-corrected chi connectivity index (χ4v) is 4.52. The van der Waals surface area contributed by atoms with E-state index in [9.17, 15) is 14.0 Å². The highest BCUT2D eigenvalue weighted by Crippen LogP contribution is 2.37. The van der Waals surface area contributed by atoms with Crippen molar-refractivity contribution in [1.82, 2.24) is 0 Å². The molecular formula is C26H19FN2O3S2. The van der Waals surface area contributed by atoms with Crippen molar-refractivity contribution in [3.05, 3.63) is 107 Å². The smallest absolute Gasteiger partial charge is 0.270 e. The lowest BCUT2D eigenvalue weighted by Crippen LogP contribution is -2.27. The number of thiocarbonyl (C=S) groups is 1. The van der Waals surface area contributed by atoms with Crippen molar-refractivity contribution >= 4 is 57.6 Å². The largest absolute Gasteiger partial charge is 0.489 e. The molecular weight excluding hydrogens is 471 g/mol. The normalized spacial score (nSPS) is 14.4. The Kier molecular flexibility index (Phi) is 7.20. The number of nitrogens with zero attached hydrogens (tertiary/aromatic N) is 1. The highest BCUT2D eigenvalue weighted by Gasteiger charge is 2.33. The fraction of sp³-hybridized carbons (Fsp3) is 0.0385. The van der Waals surface area contributed by atoms with E-state index in [-0.39, 0.29) is 11.8 Å². The standard InChI is InChI=1S/C26H19FN2O3S2/c1-2-14-32-22-9-4-3-6-17(22)16-23-25(31)29(26(33)34-23)21-8-5-7-18(15-21)24(30)28-20-12-10-19(27)11-13-20/h2-13,15-16H,1,14H2,(H,28,30)/b23-16+. The van der Waals surface area contributed by atoms with Crippen molar-refractivity contribution in [1.29, 1.82) is 0 Å². The molecule has 2 amide bonds. The molecule has 1 aliphatic rings. The fourth-order valence-electron chi connectivity index (χ4n) is 3.23. The Morgan fingerprint density at radius 3 is 2.65 bits per heavy atom. The third-order valence-electron chi connectivity index (χ3n) is 4.82. The van der Waals surface area contributed by atoms with E-state index in [0.29, 0.717) is 38.5 Å². The van der Waals surface area contributed by atoms with Crippen LogP contribution in [-0.4, -0.2) is 22.7 Å². The van der Waals surface area contributed by atoms with Gasteiger partial charge in [0.05, 0.1) is 10.6 Å². The van der Waals surface area contributed by atoms with Crippen LogP contribution in [0.25, 0.3) is 6.08 Å². The molecule has 170 valence electrons. The van der Waals surface area contributed by atoms with Crippen LogP contribution in [0.3, 0.4) is 0 Å². The topological polar surface area (TPSA) is 58.6 Å². The van der Waals surface area contributed by atoms with Gasteiger partial charge in [-0.25, -0.2) is 4.39 Å². The van der Waals surface area contributed by atoms with Crippen LogP contribution in [0.15, 0.2) is 90.4 Å². The number of hydrogen-bond donors (Lipinski definition) is 1. The van der Waals surface area contributed by atoms with E-state index in [1.165, 1.54) is 40.9 Å². The number of carbonyl (C=O) groups excluding carboxylic acids is 2. The molecule has 0 aromatic heterocycles. The summed E-state index contributed by atoms with van der Waals surface area (Å²) in [4.78, 5) is 27.7. The van der Waals surface area contributed by atoms with Crippen LogP contribution in [-0.2, 0) is 4.79 Å². The van der Waals surface area contributed by atoms with Gasteiger partial charge in [-0.3, -0.25) is 14.5 Å². The van der Waals surface area contributed by atoms with Gasteiger partial charge in [0.2, 0.25) is 0 Å². The summed E-state index contributed by atoms with van der Waals surface area (Å²) in [5, 5.41) is 2.71. The molecule has 5 nitrogen and oxygen atoms in total. The Hall–Kier alpha value is -3.75. The highest BCUT2D eigenvalue weighted by molar-refractivity contribution is 8.27. The molecule has 0 bridgehead atoms. The maximum atomic E-state index is 13.2. The molecule has 3 aromatic carbocycles. The van der Waals surface area contributed by atoms with E-state index in [4.69, 9.17) is 17.0 Å². The van der Waals surface area contributed by atoms with Gasteiger partial charge in [0.25, 0.3) is 11.8 Å². The van der Waals surface area contributed by atoms with Crippen LogP contribution in [0.4, 0.5) is 15.8 Å². The SMILES string of the molecule is C=CCOc1ccccc1/C=C1/SC(=S)N(c2cccc(C(=O)Nc3ccc(F)cc3)c2)C1=O. The molecule has 3 aromatic rings. The van der Waals surface area contributed by atoms with Gasteiger partial charge in [0, 0.05) is 16.8 Å². The maximum absolute atomic E-state index is 13.2. The zero-order valence-electron chi connectivity index (χ0n) is 17.9. The second-order valence-electron chi connectivity index (χ2n) is 7.17. The van der Waals surface area contributed by atoms with Gasteiger partial charge in [0.15, 0.2) is 4.32 Å². The number of rotatable bonds is 7. The van der Waals surface area contributed by atoms with Gasteiger partial charge in [-0.05, 0) is 54.6 Å². The summed E-state index contributed by atoms with van der Waals surface area (Å²) in [5.41, 5.74) is 2.02. The predicted octanol–water partition coefficient (Wildman–Crippen LogP) is 6.05. The number of para-hydroxylation sites is 1. The first-order valence-electron chi connectivity index (χ1n) is 10.2. The average molecular weight is 491 g/mol. The first-order chi connectivity index (χ1) is 16.5. The van der Waals surface area contributed by atoms with Gasteiger partial charge >= 0.3 is 0 Å². The number of ether oxygens (including phenoxy) is 1. The Morgan fingerprint density at radius 1 is 1.12 bits per heavy atom. The van der Waals surface area contributed by atoms with Crippen LogP contribution in [0.2, 0.25) is 0 Å². The number of thioether (sulfide) groups is 1. The summed E-state index contributed by atoms with van der Waals surface area (Å²) < 4.78 is 19.1. The molecule has 0 radical (unpaired) electrons. The molecule has 0 unspecified atom stereocenters. The molecule has 1 saturated heterocycles. The Morgan fingerprint density at radius 2 is 1.88 bits per heavy atom. The third kappa shape index (κ3) is 5.24. The van der Waals surface area contributed by atoms with Crippen molar-refractivity contribution in [2.75, 3.05) is 16.8 Å². The van der Waals surface area contributed by atoms with E-state index in [1.54, 1.807) is 36.4 Å². The Balaban J connectivity index is 1.56. The lowest BCUT2D eigenvalue weighted by atomic mass is 10.1. The first kappa shape index (κ1) is 23.4. The molecule has 0 saturated carbocycles. The van der Waals surface area contributed by atoms with Crippen molar-refractivity contribution in [3.8, 4) is 5.75 Å². The van der Waals surface area contributed by atoms with E-state index >= 15 is 0 Å². The van der Waals surface area contributed by atoms with Gasteiger partial charge in [-0.2, -0.15) is 0 Å². The second kappa shape index (κ2) is 10.5. The number of amides is 2. The number of carbonyl (C=O) groups is 2. The number of halogens is 1. The summed E-state index contributed by atoms with van der Waals surface area (Å²) >= 11 is 6.65. The predicted molar refractivity (Wildman–Crippen MR) is 139 cm³/mol. The molecule has 0 aliphatic carbocycles. The summed E-state index contributed by atoms with van der Waals surface area (Å²) in [5.74, 6) is -0.434. The summed E-state index contributed by atoms with van der Waals surface area (Å²) in [6.45, 7) is 4.00. The number of anilines is 2.